The van der Waals surface area contributed by atoms with Gasteiger partial charge >= 0.3 is 0 Å². The Hall–Kier alpha value is -2.76. The number of pyridine rings is 1. The summed E-state index contributed by atoms with van der Waals surface area (Å²) < 4.78 is 15.5. The predicted octanol–water partition coefficient (Wildman–Crippen LogP) is 4.37. The zero-order valence-corrected chi connectivity index (χ0v) is 16.9. The van der Waals surface area contributed by atoms with E-state index < -0.39 is 0 Å². The molecule has 0 amide bonds. The third kappa shape index (κ3) is 4.16. The summed E-state index contributed by atoms with van der Waals surface area (Å²) in [6, 6.07) is 12.0. The Bertz CT molecular complexity index is 1020. The minimum absolute atomic E-state index is 0.0707. The van der Waals surface area contributed by atoms with E-state index >= 15 is 0 Å². The van der Waals surface area contributed by atoms with Crippen LogP contribution in [0.25, 0.3) is 5.69 Å². The number of benzene rings is 1. The fourth-order valence-electron chi connectivity index (χ4n) is 3.56. The van der Waals surface area contributed by atoms with E-state index in [4.69, 9.17) is 0 Å². The number of aromatic nitrogens is 4. The van der Waals surface area contributed by atoms with Crippen molar-refractivity contribution in [1.82, 2.24) is 24.6 Å². The molecular formula is C21H21FN6S. The molecule has 0 N–H and O–H groups in total. The fraction of sp³-hybridized carbons (Fsp3) is 0.333. The van der Waals surface area contributed by atoms with E-state index in [0.29, 0.717) is 15.7 Å². The highest BCUT2D eigenvalue weighted by Gasteiger charge is 2.26. The Morgan fingerprint density at radius 3 is 2.59 bits per heavy atom. The van der Waals surface area contributed by atoms with Gasteiger partial charge in [-0.15, -0.1) is 10.2 Å². The van der Waals surface area contributed by atoms with Crippen molar-refractivity contribution in [2.75, 3.05) is 13.1 Å². The smallest absolute Gasteiger partial charge is 0.202 e. The Morgan fingerprint density at radius 1 is 1.10 bits per heavy atom. The molecule has 0 aliphatic carbocycles. The summed E-state index contributed by atoms with van der Waals surface area (Å²) in [5.41, 5.74) is 1.27. The summed E-state index contributed by atoms with van der Waals surface area (Å²) >= 11 is 1.29. The lowest BCUT2D eigenvalue weighted by molar-refractivity contribution is 0.167. The zero-order valence-electron chi connectivity index (χ0n) is 16.1. The molecule has 4 rings (SSSR count). The molecule has 148 valence electrons. The molecule has 3 heterocycles. The summed E-state index contributed by atoms with van der Waals surface area (Å²) in [5.74, 6) is 0.508. The lowest BCUT2D eigenvalue weighted by Gasteiger charge is -2.31. The Balaban J connectivity index is 1.76. The van der Waals surface area contributed by atoms with Crippen molar-refractivity contribution in [1.29, 1.82) is 5.26 Å². The third-order valence-electron chi connectivity index (χ3n) is 5.13. The molecule has 1 aromatic carbocycles. The lowest BCUT2D eigenvalue weighted by Crippen LogP contribution is -2.33. The lowest BCUT2D eigenvalue weighted by atomic mass is 10.1. The Kier molecular flexibility index (Phi) is 5.88. The van der Waals surface area contributed by atoms with Crippen LogP contribution in [0, 0.1) is 17.1 Å². The second kappa shape index (κ2) is 8.72. The Morgan fingerprint density at radius 2 is 1.86 bits per heavy atom. The zero-order chi connectivity index (χ0) is 20.2. The van der Waals surface area contributed by atoms with Crippen LogP contribution in [0.15, 0.2) is 52.8 Å². The van der Waals surface area contributed by atoms with Gasteiger partial charge in [-0.2, -0.15) is 5.26 Å². The molecule has 1 fully saturated rings. The number of likely N-dealkylation sites (tertiary alicyclic amines) is 1. The number of hydrogen-bond acceptors (Lipinski definition) is 6. The first-order chi connectivity index (χ1) is 14.2. The molecule has 1 aliphatic rings. The van der Waals surface area contributed by atoms with Crippen LogP contribution in [-0.2, 0) is 0 Å². The van der Waals surface area contributed by atoms with Gasteiger partial charge in [0, 0.05) is 11.9 Å². The standard InChI is InChI=1S/C21H21FN6S/c1-15(27-12-3-2-4-13-27)19-25-26-21(28(19)18-9-7-17(22)8-10-18)29-20-16(14-23)6-5-11-24-20/h5-11,15H,2-4,12-13H2,1H3/t15-/m1/s1. The summed E-state index contributed by atoms with van der Waals surface area (Å²) in [6.45, 7) is 4.18. The normalized spacial score (nSPS) is 15.8. The van der Waals surface area contributed by atoms with Crippen molar-refractivity contribution in [2.24, 2.45) is 0 Å². The van der Waals surface area contributed by atoms with Crippen LogP contribution in [-0.4, -0.2) is 37.7 Å². The molecule has 0 unspecified atom stereocenters. The monoisotopic (exact) mass is 408 g/mol. The number of piperidine rings is 1. The van der Waals surface area contributed by atoms with Crippen molar-refractivity contribution >= 4 is 11.8 Å². The van der Waals surface area contributed by atoms with Gasteiger partial charge in [-0.25, -0.2) is 9.37 Å². The maximum Gasteiger partial charge on any atom is 0.202 e. The van der Waals surface area contributed by atoms with E-state index in [9.17, 15) is 9.65 Å². The van der Waals surface area contributed by atoms with Crippen molar-refractivity contribution in [3.63, 3.8) is 0 Å². The van der Waals surface area contributed by atoms with Gasteiger partial charge in [0.2, 0.25) is 5.16 Å². The number of rotatable bonds is 5. The SMILES string of the molecule is C[C@H](c1nnc(Sc2ncccc2C#N)n1-c1ccc(F)cc1)N1CCCCC1. The van der Waals surface area contributed by atoms with Crippen LogP contribution in [0.4, 0.5) is 4.39 Å². The number of hydrogen-bond donors (Lipinski definition) is 0. The fourth-order valence-corrected chi connectivity index (χ4v) is 4.45. The maximum absolute atomic E-state index is 13.5. The van der Waals surface area contributed by atoms with Gasteiger partial charge < -0.3 is 0 Å². The molecule has 0 radical (unpaired) electrons. The highest BCUT2D eigenvalue weighted by molar-refractivity contribution is 7.99. The van der Waals surface area contributed by atoms with Crippen LogP contribution >= 0.6 is 11.8 Å². The summed E-state index contributed by atoms with van der Waals surface area (Å²) in [7, 11) is 0. The molecule has 1 aliphatic heterocycles. The topological polar surface area (TPSA) is 70.6 Å². The molecule has 8 heteroatoms. The summed E-state index contributed by atoms with van der Waals surface area (Å²) in [4.78, 5) is 6.73. The van der Waals surface area contributed by atoms with E-state index in [1.165, 1.54) is 43.2 Å². The third-order valence-corrected chi connectivity index (χ3v) is 6.10. The first-order valence-corrected chi connectivity index (χ1v) is 10.5. The molecule has 1 atom stereocenters. The minimum Gasteiger partial charge on any atom is -0.294 e. The second-order valence-electron chi connectivity index (χ2n) is 7.00. The number of nitriles is 1. The van der Waals surface area contributed by atoms with E-state index in [2.05, 4.69) is 33.1 Å². The van der Waals surface area contributed by atoms with Gasteiger partial charge in [-0.05, 0) is 81.0 Å². The maximum atomic E-state index is 13.5. The molecule has 1 saturated heterocycles. The molecule has 0 bridgehead atoms. The average molecular weight is 409 g/mol. The van der Waals surface area contributed by atoms with Crippen LogP contribution in [0.3, 0.4) is 0 Å². The first-order valence-electron chi connectivity index (χ1n) is 9.65. The second-order valence-corrected chi connectivity index (χ2v) is 7.95. The minimum atomic E-state index is -0.293. The molecule has 3 aromatic rings. The van der Waals surface area contributed by atoms with E-state index in [0.717, 1.165) is 24.6 Å². The number of nitrogens with zero attached hydrogens (tertiary/aromatic N) is 6. The molecule has 2 aromatic heterocycles. The molecule has 0 spiro atoms. The van der Waals surface area contributed by atoms with Crippen LogP contribution in [0.1, 0.15) is 43.6 Å². The van der Waals surface area contributed by atoms with Crippen molar-refractivity contribution in [3.05, 3.63) is 59.8 Å². The largest absolute Gasteiger partial charge is 0.294 e. The van der Waals surface area contributed by atoms with Gasteiger partial charge in [0.1, 0.15) is 16.9 Å². The molecule has 29 heavy (non-hydrogen) atoms. The van der Waals surface area contributed by atoms with Gasteiger partial charge in [0.15, 0.2) is 5.82 Å². The first kappa shape index (κ1) is 19.6. The summed E-state index contributed by atoms with van der Waals surface area (Å²) in [5, 5.41) is 19.5. The van der Waals surface area contributed by atoms with Gasteiger partial charge in [-0.3, -0.25) is 9.47 Å². The van der Waals surface area contributed by atoms with Crippen LogP contribution < -0.4 is 0 Å². The van der Waals surface area contributed by atoms with Gasteiger partial charge in [0.25, 0.3) is 0 Å². The van der Waals surface area contributed by atoms with Crippen molar-refractivity contribution < 1.29 is 4.39 Å². The Labute approximate surface area is 173 Å². The van der Waals surface area contributed by atoms with E-state index in [1.807, 2.05) is 4.57 Å². The summed E-state index contributed by atoms with van der Waals surface area (Å²) in [6.07, 6.45) is 5.26. The average Bonchev–Trinajstić information content (AvgIpc) is 3.18. The molecular weight excluding hydrogens is 387 g/mol. The van der Waals surface area contributed by atoms with E-state index in [-0.39, 0.29) is 11.9 Å². The predicted molar refractivity (Wildman–Crippen MR) is 108 cm³/mol. The number of halogens is 1. The van der Waals surface area contributed by atoms with E-state index in [1.54, 1.807) is 30.5 Å². The van der Waals surface area contributed by atoms with Crippen LogP contribution in [0.5, 0.6) is 0 Å². The van der Waals surface area contributed by atoms with Gasteiger partial charge in [0.05, 0.1) is 11.6 Å². The van der Waals surface area contributed by atoms with Crippen LogP contribution in [0.2, 0.25) is 0 Å². The van der Waals surface area contributed by atoms with Crippen molar-refractivity contribution in [3.8, 4) is 11.8 Å². The molecule has 0 saturated carbocycles. The van der Waals surface area contributed by atoms with Gasteiger partial charge in [-0.1, -0.05) is 6.42 Å². The quantitative estimate of drug-likeness (QED) is 0.624. The highest BCUT2D eigenvalue weighted by atomic mass is 32.2. The van der Waals surface area contributed by atoms with Crippen molar-refractivity contribution in [2.45, 2.75) is 42.4 Å². The molecule has 6 nitrogen and oxygen atoms in total. The highest BCUT2D eigenvalue weighted by Crippen LogP contribution is 2.33.